The minimum absolute atomic E-state index is 0.0322. The molecule has 3 heterocycles. The Labute approximate surface area is 153 Å². The van der Waals surface area contributed by atoms with Crippen LogP contribution < -0.4 is 5.32 Å². The maximum absolute atomic E-state index is 13.1. The summed E-state index contributed by atoms with van der Waals surface area (Å²) in [6.45, 7) is 4.05. The quantitative estimate of drug-likeness (QED) is 0.869. The van der Waals surface area contributed by atoms with Crippen molar-refractivity contribution in [3.05, 3.63) is 30.1 Å². The van der Waals surface area contributed by atoms with Crippen molar-refractivity contribution in [1.82, 2.24) is 20.1 Å². The van der Waals surface area contributed by atoms with Crippen molar-refractivity contribution in [1.29, 1.82) is 0 Å². The highest BCUT2D eigenvalue weighted by molar-refractivity contribution is 5.86. The lowest BCUT2D eigenvalue weighted by molar-refractivity contribution is -0.137. The van der Waals surface area contributed by atoms with Gasteiger partial charge in [0.25, 0.3) is 0 Å². The molecule has 1 N–H and O–H groups in total. The molecule has 2 fully saturated rings. The Morgan fingerprint density at radius 3 is 2.62 bits per heavy atom. The number of pyridine rings is 1. The van der Waals surface area contributed by atoms with Crippen LogP contribution >= 0.6 is 0 Å². The van der Waals surface area contributed by atoms with E-state index < -0.39 is 0 Å². The molecule has 7 heteroatoms. The van der Waals surface area contributed by atoms with Gasteiger partial charge in [-0.3, -0.25) is 19.4 Å². The Kier molecular flexibility index (Phi) is 5.54. The van der Waals surface area contributed by atoms with Gasteiger partial charge >= 0.3 is 0 Å². The van der Waals surface area contributed by atoms with E-state index in [9.17, 15) is 14.4 Å². The van der Waals surface area contributed by atoms with E-state index in [2.05, 4.69) is 10.3 Å². The summed E-state index contributed by atoms with van der Waals surface area (Å²) in [5, 5.41) is 2.56. The second-order valence-corrected chi connectivity index (χ2v) is 7.26. The summed E-state index contributed by atoms with van der Waals surface area (Å²) in [5.74, 6) is -0.0656. The standard InChI is InChI=1S/C19H26N4O3/c1-15(24)21-13-17(25)22-10-2-5-19(6-11-22)7-12-23(18(19)26)14-16-3-8-20-9-4-16/h3-4,8-9H,2,5-7,10-14H2,1H3,(H,21,24)/t19-/m1/s1. The second kappa shape index (κ2) is 7.85. The Bertz CT molecular complexity index is 679. The largest absolute Gasteiger partial charge is 0.347 e. The molecule has 1 aromatic rings. The van der Waals surface area contributed by atoms with E-state index in [1.165, 1.54) is 6.92 Å². The number of likely N-dealkylation sites (tertiary alicyclic amines) is 2. The summed E-state index contributed by atoms with van der Waals surface area (Å²) in [4.78, 5) is 44.1. The fraction of sp³-hybridized carbons (Fsp3) is 0.579. The first kappa shape index (κ1) is 18.4. The molecule has 0 aliphatic carbocycles. The number of amides is 3. The monoisotopic (exact) mass is 358 g/mol. The third-order valence-electron chi connectivity index (χ3n) is 5.51. The average molecular weight is 358 g/mol. The third kappa shape index (κ3) is 4.03. The first-order valence-corrected chi connectivity index (χ1v) is 9.21. The van der Waals surface area contributed by atoms with E-state index in [-0.39, 0.29) is 29.7 Å². The SMILES string of the molecule is CC(=O)NCC(=O)N1CCC[C@@]2(CC1)CCN(Cc1ccncc1)C2=O. The molecule has 0 bridgehead atoms. The number of rotatable bonds is 4. The highest BCUT2D eigenvalue weighted by Gasteiger charge is 2.47. The molecular formula is C19H26N4O3. The molecule has 2 saturated heterocycles. The van der Waals surface area contributed by atoms with Crippen LogP contribution in [0.25, 0.3) is 0 Å². The van der Waals surface area contributed by atoms with Crippen LogP contribution in [0.2, 0.25) is 0 Å². The van der Waals surface area contributed by atoms with E-state index in [1.54, 1.807) is 17.3 Å². The fourth-order valence-corrected chi connectivity index (χ4v) is 3.97. The predicted octanol–water partition coefficient (Wildman–Crippen LogP) is 0.949. The lowest BCUT2D eigenvalue weighted by Gasteiger charge is -2.27. The molecular weight excluding hydrogens is 332 g/mol. The lowest BCUT2D eigenvalue weighted by atomic mass is 9.79. The van der Waals surface area contributed by atoms with E-state index in [0.717, 1.165) is 31.4 Å². The summed E-state index contributed by atoms with van der Waals surface area (Å²) in [6, 6.07) is 3.88. The highest BCUT2D eigenvalue weighted by Crippen LogP contribution is 2.42. The van der Waals surface area contributed by atoms with Crippen LogP contribution in [0.4, 0.5) is 0 Å². The van der Waals surface area contributed by atoms with E-state index in [0.29, 0.717) is 26.1 Å². The summed E-state index contributed by atoms with van der Waals surface area (Å²) >= 11 is 0. The molecule has 140 valence electrons. The molecule has 0 saturated carbocycles. The van der Waals surface area contributed by atoms with Crippen molar-refractivity contribution < 1.29 is 14.4 Å². The van der Waals surface area contributed by atoms with Gasteiger partial charge in [-0.2, -0.15) is 0 Å². The first-order valence-electron chi connectivity index (χ1n) is 9.21. The lowest BCUT2D eigenvalue weighted by Crippen LogP contribution is -2.41. The van der Waals surface area contributed by atoms with Crippen molar-refractivity contribution in [2.24, 2.45) is 5.41 Å². The predicted molar refractivity (Wildman–Crippen MR) is 95.8 cm³/mol. The van der Waals surface area contributed by atoms with Crippen LogP contribution in [0.3, 0.4) is 0 Å². The summed E-state index contributed by atoms with van der Waals surface area (Å²) in [5.41, 5.74) is 0.752. The van der Waals surface area contributed by atoms with Crippen LogP contribution in [0, 0.1) is 5.41 Å². The Balaban J connectivity index is 1.60. The molecule has 0 aromatic carbocycles. The van der Waals surface area contributed by atoms with Crippen LogP contribution in [-0.4, -0.2) is 58.7 Å². The van der Waals surface area contributed by atoms with Crippen LogP contribution in [0.15, 0.2) is 24.5 Å². The molecule has 3 rings (SSSR count). The zero-order valence-electron chi connectivity index (χ0n) is 15.2. The van der Waals surface area contributed by atoms with Gasteiger partial charge in [-0.05, 0) is 43.4 Å². The molecule has 0 radical (unpaired) electrons. The van der Waals surface area contributed by atoms with Gasteiger partial charge in [-0.25, -0.2) is 0 Å². The van der Waals surface area contributed by atoms with Gasteiger partial charge in [0.05, 0.1) is 12.0 Å². The molecule has 1 spiro atoms. The average Bonchev–Trinajstić information content (AvgIpc) is 2.82. The molecule has 2 aliphatic rings. The number of aromatic nitrogens is 1. The summed E-state index contributed by atoms with van der Waals surface area (Å²) in [6.07, 6.45) is 6.68. The molecule has 1 atom stereocenters. The number of hydrogen-bond donors (Lipinski definition) is 1. The van der Waals surface area contributed by atoms with E-state index in [1.807, 2.05) is 17.0 Å². The van der Waals surface area contributed by atoms with Gasteiger partial charge in [0.2, 0.25) is 17.7 Å². The molecule has 3 amide bonds. The van der Waals surface area contributed by atoms with Crippen molar-refractivity contribution in [2.75, 3.05) is 26.2 Å². The normalized spacial score (nSPS) is 23.2. The summed E-state index contributed by atoms with van der Waals surface area (Å²) in [7, 11) is 0. The first-order chi connectivity index (χ1) is 12.5. The highest BCUT2D eigenvalue weighted by atomic mass is 16.2. The number of carbonyl (C=O) groups is 3. The molecule has 7 nitrogen and oxygen atoms in total. The molecule has 1 aromatic heterocycles. The second-order valence-electron chi connectivity index (χ2n) is 7.26. The fourth-order valence-electron chi connectivity index (χ4n) is 3.97. The Morgan fingerprint density at radius 1 is 1.15 bits per heavy atom. The zero-order chi connectivity index (χ0) is 18.6. The van der Waals surface area contributed by atoms with Crippen LogP contribution in [0.5, 0.6) is 0 Å². The summed E-state index contributed by atoms with van der Waals surface area (Å²) < 4.78 is 0. The van der Waals surface area contributed by atoms with Gasteiger partial charge in [0.1, 0.15) is 0 Å². The van der Waals surface area contributed by atoms with Crippen LogP contribution in [-0.2, 0) is 20.9 Å². The molecule has 2 aliphatic heterocycles. The van der Waals surface area contributed by atoms with Gasteiger partial charge in [-0.15, -0.1) is 0 Å². The van der Waals surface area contributed by atoms with Gasteiger partial charge in [0.15, 0.2) is 0 Å². The van der Waals surface area contributed by atoms with Gasteiger partial charge in [0, 0.05) is 45.5 Å². The molecule has 0 unspecified atom stereocenters. The van der Waals surface area contributed by atoms with Crippen molar-refractivity contribution in [3.8, 4) is 0 Å². The van der Waals surface area contributed by atoms with Crippen molar-refractivity contribution >= 4 is 17.7 Å². The molecule has 26 heavy (non-hydrogen) atoms. The van der Waals surface area contributed by atoms with Crippen LogP contribution in [0.1, 0.15) is 38.2 Å². The number of nitrogens with zero attached hydrogens (tertiary/aromatic N) is 3. The number of nitrogens with one attached hydrogen (secondary N) is 1. The van der Waals surface area contributed by atoms with Gasteiger partial charge in [-0.1, -0.05) is 0 Å². The Morgan fingerprint density at radius 2 is 1.88 bits per heavy atom. The smallest absolute Gasteiger partial charge is 0.241 e. The maximum atomic E-state index is 13.1. The number of hydrogen-bond acceptors (Lipinski definition) is 4. The topological polar surface area (TPSA) is 82.6 Å². The van der Waals surface area contributed by atoms with Crippen molar-refractivity contribution in [2.45, 2.75) is 39.2 Å². The Hall–Kier alpha value is -2.44. The van der Waals surface area contributed by atoms with Gasteiger partial charge < -0.3 is 15.1 Å². The van der Waals surface area contributed by atoms with Crippen molar-refractivity contribution in [3.63, 3.8) is 0 Å². The minimum Gasteiger partial charge on any atom is -0.347 e. The number of carbonyl (C=O) groups excluding carboxylic acids is 3. The van der Waals surface area contributed by atoms with E-state index >= 15 is 0 Å². The zero-order valence-corrected chi connectivity index (χ0v) is 15.2. The third-order valence-corrected chi connectivity index (χ3v) is 5.51. The maximum Gasteiger partial charge on any atom is 0.241 e. The van der Waals surface area contributed by atoms with E-state index in [4.69, 9.17) is 0 Å². The minimum atomic E-state index is -0.337.